The van der Waals surface area contributed by atoms with Crippen LogP contribution in [0.5, 0.6) is 0 Å². The average molecular weight is 305 g/mol. The summed E-state index contributed by atoms with van der Waals surface area (Å²) in [7, 11) is 0. The number of nitro groups is 1. The van der Waals surface area contributed by atoms with E-state index in [1.54, 1.807) is 32.0 Å². The lowest BCUT2D eigenvalue weighted by atomic mass is 10.1. The summed E-state index contributed by atoms with van der Waals surface area (Å²) >= 11 is 0. The van der Waals surface area contributed by atoms with Gasteiger partial charge in [-0.25, -0.2) is 0 Å². The van der Waals surface area contributed by atoms with Crippen molar-refractivity contribution in [1.82, 2.24) is 10.6 Å². The fourth-order valence-electron chi connectivity index (χ4n) is 1.59. The smallest absolute Gasteiger partial charge is 0.276 e. The van der Waals surface area contributed by atoms with Gasteiger partial charge in [0.2, 0.25) is 11.8 Å². The maximum atomic E-state index is 11.6. The lowest BCUT2D eigenvalue weighted by molar-refractivity contribution is -0.385. The minimum atomic E-state index is -0.501. The van der Waals surface area contributed by atoms with Gasteiger partial charge in [-0.15, -0.1) is 0 Å². The molecule has 1 aromatic rings. The van der Waals surface area contributed by atoms with Gasteiger partial charge in [-0.05, 0) is 12.1 Å². The van der Waals surface area contributed by atoms with Crippen LogP contribution in [0, 0.1) is 16.0 Å². The predicted molar refractivity (Wildman–Crippen MR) is 83.0 cm³/mol. The zero-order valence-corrected chi connectivity index (χ0v) is 12.5. The van der Waals surface area contributed by atoms with E-state index in [1.807, 2.05) is 0 Å². The van der Waals surface area contributed by atoms with Gasteiger partial charge >= 0.3 is 0 Å². The van der Waals surface area contributed by atoms with Crippen LogP contribution in [0.1, 0.15) is 19.4 Å². The number of rotatable bonds is 7. The van der Waals surface area contributed by atoms with E-state index in [2.05, 4.69) is 10.6 Å². The largest absolute Gasteiger partial charge is 0.354 e. The van der Waals surface area contributed by atoms with E-state index < -0.39 is 4.92 Å². The number of nitro benzene ring substituents is 1. The van der Waals surface area contributed by atoms with Crippen molar-refractivity contribution in [2.75, 3.05) is 13.1 Å². The third kappa shape index (κ3) is 5.74. The third-order valence-corrected chi connectivity index (χ3v) is 2.80. The first-order valence-electron chi connectivity index (χ1n) is 6.89. The van der Waals surface area contributed by atoms with E-state index in [9.17, 15) is 19.7 Å². The quantitative estimate of drug-likeness (QED) is 0.345. The summed E-state index contributed by atoms with van der Waals surface area (Å²) < 4.78 is 0. The van der Waals surface area contributed by atoms with E-state index in [-0.39, 0.29) is 23.4 Å². The van der Waals surface area contributed by atoms with Crippen molar-refractivity contribution < 1.29 is 14.5 Å². The summed E-state index contributed by atoms with van der Waals surface area (Å²) in [5.41, 5.74) is 0.298. The molecule has 0 unspecified atom stereocenters. The first-order chi connectivity index (χ1) is 10.4. The molecule has 118 valence electrons. The number of hydrogen-bond donors (Lipinski definition) is 2. The number of nitrogens with zero attached hydrogens (tertiary/aromatic N) is 1. The Morgan fingerprint density at radius 1 is 1.23 bits per heavy atom. The molecule has 0 saturated heterocycles. The van der Waals surface area contributed by atoms with Gasteiger partial charge < -0.3 is 10.6 Å². The molecule has 0 atom stereocenters. The first-order valence-corrected chi connectivity index (χ1v) is 6.89. The fourth-order valence-corrected chi connectivity index (χ4v) is 1.59. The highest BCUT2D eigenvalue weighted by Crippen LogP contribution is 2.18. The zero-order valence-electron chi connectivity index (χ0n) is 12.5. The second kappa shape index (κ2) is 8.56. The second-order valence-corrected chi connectivity index (χ2v) is 4.89. The molecule has 0 saturated carbocycles. The predicted octanol–water partition coefficient (Wildman–Crippen LogP) is 1.50. The highest BCUT2D eigenvalue weighted by molar-refractivity contribution is 5.92. The van der Waals surface area contributed by atoms with Gasteiger partial charge in [0.1, 0.15) is 0 Å². The molecule has 0 fully saturated rings. The molecule has 0 aliphatic rings. The first kappa shape index (κ1) is 17.4. The summed E-state index contributed by atoms with van der Waals surface area (Å²) in [5, 5.41) is 16.1. The minimum absolute atomic E-state index is 0.0595. The van der Waals surface area contributed by atoms with Crippen molar-refractivity contribution in [1.29, 1.82) is 0 Å². The van der Waals surface area contributed by atoms with Crippen LogP contribution < -0.4 is 10.6 Å². The monoisotopic (exact) mass is 305 g/mol. The Balaban J connectivity index is 2.46. The summed E-state index contributed by atoms with van der Waals surface area (Å²) in [6, 6.07) is 6.16. The lowest BCUT2D eigenvalue weighted by Crippen LogP contribution is -2.35. The summed E-state index contributed by atoms with van der Waals surface area (Å²) in [4.78, 5) is 33.2. The van der Waals surface area contributed by atoms with Crippen molar-refractivity contribution in [3.8, 4) is 0 Å². The van der Waals surface area contributed by atoms with Crippen LogP contribution >= 0.6 is 0 Å². The highest BCUT2D eigenvalue weighted by atomic mass is 16.6. The molecule has 2 amide bonds. The Labute approximate surface area is 128 Å². The average Bonchev–Trinajstić information content (AvgIpc) is 2.49. The molecular formula is C15H19N3O4. The Morgan fingerprint density at radius 2 is 1.86 bits per heavy atom. The van der Waals surface area contributed by atoms with E-state index in [1.165, 1.54) is 18.2 Å². The standard InChI is InChI=1S/C15H19N3O4/c1-11(2)15(20)17-10-9-16-14(19)8-7-12-5-3-4-6-13(12)18(21)22/h3-8,11H,9-10H2,1-2H3,(H,16,19)(H,17,20). The minimum Gasteiger partial charge on any atom is -0.354 e. The summed E-state index contributed by atoms with van der Waals surface area (Å²) in [6.45, 7) is 4.19. The number of carbonyl (C=O) groups excluding carboxylic acids is 2. The van der Waals surface area contributed by atoms with Crippen molar-refractivity contribution in [3.63, 3.8) is 0 Å². The molecule has 1 rings (SSSR count). The number of para-hydroxylation sites is 1. The lowest BCUT2D eigenvalue weighted by Gasteiger charge is -2.07. The van der Waals surface area contributed by atoms with Gasteiger partial charge in [-0.1, -0.05) is 26.0 Å². The maximum absolute atomic E-state index is 11.6. The third-order valence-electron chi connectivity index (χ3n) is 2.80. The second-order valence-electron chi connectivity index (χ2n) is 4.89. The van der Waals surface area contributed by atoms with Crippen LogP contribution in [0.4, 0.5) is 5.69 Å². The molecule has 7 nitrogen and oxygen atoms in total. The van der Waals surface area contributed by atoms with E-state index in [0.717, 1.165) is 0 Å². The zero-order chi connectivity index (χ0) is 16.5. The van der Waals surface area contributed by atoms with Gasteiger partial charge in [-0.2, -0.15) is 0 Å². The molecule has 0 spiro atoms. The molecule has 0 aromatic heterocycles. The number of carbonyl (C=O) groups is 2. The van der Waals surface area contributed by atoms with Crippen LogP contribution in [0.25, 0.3) is 6.08 Å². The van der Waals surface area contributed by atoms with Crippen LogP contribution in [0.15, 0.2) is 30.3 Å². The molecule has 0 radical (unpaired) electrons. The number of hydrogen-bond acceptors (Lipinski definition) is 4. The van der Waals surface area contributed by atoms with E-state index in [4.69, 9.17) is 0 Å². The van der Waals surface area contributed by atoms with Crippen LogP contribution in [0.3, 0.4) is 0 Å². The molecule has 1 aromatic carbocycles. The summed E-state index contributed by atoms with van der Waals surface area (Å²) in [5.74, 6) is -0.559. The van der Waals surface area contributed by atoms with Crippen LogP contribution in [0.2, 0.25) is 0 Å². The summed E-state index contributed by atoms with van der Waals surface area (Å²) in [6.07, 6.45) is 2.62. The number of benzene rings is 1. The molecule has 0 aliphatic carbocycles. The molecule has 0 aliphatic heterocycles. The van der Waals surface area contributed by atoms with E-state index >= 15 is 0 Å². The highest BCUT2D eigenvalue weighted by Gasteiger charge is 2.09. The molecule has 2 N–H and O–H groups in total. The van der Waals surface area contributed by atoms with Gasteiger partial charge in [0.25, 0.3) is 5.69 Å². The Hall–Kier alpha value is -2.70. The number of nitrogens with one attached hydrogen (secondary N) is 2. The SMILES string of the molecule is CC(C)C(=O)NCCNC(=O)C=Cc1ccccc1[N+](=O)[O-]. The fraction of sp³-hybridized carbons (Fsp3) is 0.333. The normalized spacial score (nSPS) is 10.7. The Bertz CT molecular complexity index is 582. The van der Waals surface area contributed by atoms with Crippen molar-refractivity contribution >= 4 is 23.6 Å². The van der Waals surface area contributed by atoms with Gasteiger partial charge in [-0.3, -0.25) is 19.7 Å². The maximum Gasteiger partial charge on any atom is 0.276 e. The van der Waals surface area contributed by atoms with Crippen molar-refractivity contribution in [3.05, 3.63) is 46.0 Å². The molecule has 7 heteroatoms. The van der Waals surface area contributed by atoms with Gasteiger partial charge in [0.15, 0.2) is 0 Å². The van der Waals surface area contributed by atoms with Crippen LogP contribution in [-0.2, 0) is 9.59 Å². The van der Waals surface area contributed by atoms with Crippen molar-refractivity contribution in [2.24, 2.45) is 5.92 Å². The Morgan fingerprint density at radius 3 is 2.50 bits per heavy atom. The van der Waals surface area contributed by atoms with Gasteiger partial charge in [0.05, 0.1) is 10.5 Å². The topological polar surface area (TPSA) is 101 Å². The van der Waals surface area contributed by atoms with Crippen LogP contribution in [-0.4, -0.2) is 29.8 Å². The van der Waals surface area contributed by atoms with Gasteiger partial charge in [0, 0.05) is 31.1 Å². The molecule has 22 heavy (non-hydrogen) atoms. The molecule has 0 bridgehead atoms. The number of amides is 2. The molecular weight excluding hydrogens is 286 g/mol. The van der Waals surface area contributed by atoms with E-state index in [0.29, 0.717) is 18.7 Å². The van der Waals surface area contributed by atoms with Crippen molar-refractivity contribution in [2.45, 2.75) is 13.8 Å². The molecule has 0 heterocycles. The Kier molecular flexibility index (Phi) is 6.75.